The number of rotatable bonds is 7. The van der Waals surface area contributed by atoms with E-state index in [0.29, 0.717) is 11.3 Å². The van der Waals surface area contributed by atoms with Gasteiger partial charge in [-0.15, -0.1) is 0 Å². The van der Waals surface area contributed by atoms with Gasteiger partial charge in [0.25, 0.3) is 5.91 Å². The molecule has 2 aromatic carbocycles. The van der Waals surface area contributed by atoms with Gasteiger partial charge in [0.1, 0.15) is 11.3 Å². The lowest BCUT2D eigenvalue weighted by Gasteiger charge is -2.11. The third-order valence-electron chi connectivity index (χ3n) is 3.80. The van der Waals surface area contributed by atoms with Gasteiger partial charge in [-0.3, -0.25) is 4.79 Å². The maximum absolute atomic E-state index is 12.3. The second-order valence-corrected chi connectivity index (χ2v) is 7.33. The van der Waals surface area contributed by atoms with Crippen LogP contribution in [0.3, 0.4) is 0 Å². The summed E-state index contributed by atoms with van der Waals surface area (Å²) in [5.74, 6) is -0.634. The van der Waals surface area contributed by atoms with Crippen molar-refractivity contribution in [3.05, 3.63) is 59.2 Å². The van der Waals surface area contributed by atoms with Gasteiger partial charge in [-0.2, -0.15) is 0 Å². The number of nitrogens with one attached hydrogen (secondary N) is 2. The van der Waals surface area contributed by atoms with Crippen LogP contribution in [-0.2, 0) is 21.3 Å². The Morgan fingerprint density at radius 1 is 1.07 bits per heavy atom. The summed E-state index contributed by atoms with van der Waals surface area (Å²) in [6, 6.07) is 10.6. The highest BCUT2D eigenvalue weighted by Crippen LogP contribution is 2.21. The Morgan fingerprint density at radius 3 is 2.44 bits per heavy atom. The fraction of sp³-hybridized carbons (Fsp3) is 0.222. The highest BCUT2D eigenvalue weighted by Gasteiger charge is 2.16. The molecule has 9 heteroatoms. The zero-order chi connectivity index (χ0) is 20.0. The third kappa shape index (κ3) is 4.83. The highest BCUT2D eigenvalue weighted by atomic mass is 32.2. The van der Waals surface area contributed by atoms with Crippen molar-refractivity contribution in [2.45, 2.75) is 11.4 Å². The molecule has 0 heterocycles. The van der Waals surface area contributed by atoms with Crippen molar-refractivity contribution >= 4 is 21.9 Å². The topological polar surface area (TPSA) is 111 Å². The maximum Gasteiger partial charge on any atom is 0.341 e. The first-order valence-corrected chi connectivity index (χ1v) is 9.37. The van der Waals surface area contributed by atoms with Gasteiger partial charge >= 0.3 is 5.97 Å². The molecule has 0 bridgehead atoms. The minimum absolute atomic E-state index is 0.00456. The summed E-state index contributed by atoms with van der Waals surface area (Å²) >= 11 is 0. The number of ether oxygens (including phenoxy) is 2. The highest BCUT2D eigenvalue weighted by molar-refractivity contribution is 7.89. The minimum atomic E-state index is -3.64. The molecule has 0 aliphatic carbocycles. The fourth-order valence-corrected chi connectivity index (χ4v) is 3.12. The summed E-state index contributed by atoms with van der Waals surface area (Å²) < 4.78 is 35.7. The van der Waals surface area contributed by atoms with Crippen molar-refractivity contribution in [1.29, 1.82) is 0 Å². The van der Waals surface area contributed by atoms with Crippen molar-refractivity contribution in [3.63, 3.8) is 0 Å². The summed E-state index contributed by atoms with van der Waals surface area (Å²) in [5, 5.41) is 2.69. The summed E-state index contributed by atoms with van der Waals surface area (Å²) in [6.45, 7) is 0.135. The van der Waals surface area contributed by atoms with Crippen LogP contribution in [0, 0.1) is 0 Å². The van der Waals surface area contributed by atoms with Crippen molar-refractivity contribution in [3.8, 4) is 5.75 Å². The molecule has 2 rings (SSSR count). The molecule has 0 aliphatic heterocycles. The molecule has 0 spiro atoms. The number of carbonyl (C=O) groups excluding carboxylic acids is 2. The molecule has 144 valence electrons. The van der Waals surface area contributed by atoms with Crippen LogP contribution in [0.1, 0.15) is 26.3 Å². The van der Waals surface area contributed by atoms with E-state index in [4.69, 9.17) is 9.47 Å². The number of amides is 1. The van der Waals surface area contributed by atoms with E-state index >= 15 is 0 Å². The minimum Gasteiger partial charge on any atom is -0.496 e. The van der Waals surface area contributed by atoms with Gasteiger partial charge in [-0.25, -0.2) is 17.9 Å². The molecule has 0 saturated carbocycles. The lowest BCUT2D eigenvalue weighted by atomic mass is 10.1. The SMILES string of the molecule is CNS(=O)(=O)c1cccc(C(=O)NCc2ccc(OC)c(C(=O)OC)c2)c1. The Bertz CT molecular complexity index is 956. The molecule has 2 aromatic rings. The van der Waals surface area contributed by atoms with Gasteiger partial charge in [0, 0.05) is 12.1 Å². The molecule has 0 aliphatic rings. The Morgan fingerprint density at radius 2 is 1.81 bits per heavy atom. The first kappa shape index (κ1) is 20.4. The van der Waals surface area contributed by atoms with Gasteiger partial charge < -0.3 is 14.8 Å². The van der Waals surface area contributed by atoms with E-state index in [1.807, 2.05) is 0 Å². The summed E-state index contributed by atoms with van der Waals surface area (Å²) in [5.41, 5.74) is 1.10. The number of hydrogen-bond acceptors (Lipinski definition) is 6. The number of benzene rings is 2. The molecule has 2 N–H and O–H groups in total. The molecule has 27 heavy (non-hydrogen) atoms. The number of sulfonamides is 1. The smallest absolute Gasteiger partial charge is 0.341 e. The predicted molar refractivity (Wildman–Crippen MR) is 98.2 cm³/mol. The Kier molecular flexibility index (Phi) is 6.54. The molecule has 0 unspecified atom stereocenters. The Labute approximate surface area is 157 Å². The van der Waals surface area contributed by atoms with E-state index in [-0.39, 0.29) is 22.6 Å². The van der Waals surface area contributed by atoms with Crippen LogP contribution < -0.4 is 14.8 Å². The average Bonchev–Trinajstić information content (AvgIpc) is 2.71. The molecular formula is C18H20N2O6S. The number of hydrogen-bond donors (Lipinski definition) is 2. The van der Waals surface area contributed by atoms with E-state index in [1.165, 1.54) is 45.5 Å². The van der Waals surface area contributed by atoms with Crippen LogP contribution in [0.2, 0.25) is 0 Å². The second kappa shape index (κ2) is 8.65. The number of carbonyl (C=O) groups is 2. The van der Waals surface area contributed by atoms with E-state index in [2.05, 4.69) is 10.0 Å². The van der Waals surface area contributed by atoms with Crippen LogP contribution in [0.5, 0.6) is 5.75 Å². The van der Waals surface area contributed by atoms with Crippen molar-refractivity contribution < 1.29 is 27.5 Å². The molecule has 0 fully saturated rings. The monoisotopic (exact) mass is 392 g/mol. The van der Waals surface area contributed by atoms with Crippen LogP contribution in [0.15, 0.2) is 47.4 Å². The zero-order valence-corrected chi connectivity index (χ0v) is 15.9. The number of esters is 1. The van der Waals surface area contributed by atoms with Crippen LogP contribution >= 0.6 is 0 Å². The fourth-order valence-electron chi connectivity index (χ4n) is 2.34. The maximum atomic E-state index is 12.3. The summed E-state index contributed by atoms with van der Waals surface area (Å²) in [4.78, 5) is 24.1. The summed E-state index contributed by atoms with van der Waals surface area (Å²) in [7, 11) is 0.360. The van der Waals surface area contributed by atoms with E-state index < -0.39 is 21.9 Å². The van der Waals surface area contributed by atoms with Gasteiger partial charge in [0.2, 0.25) is 10.0 Å². The Hall–Kier alpha value is -2.91. The van der Waals surface area contributed by atoms with E-state index in [0.717, 1.165) is 0 Å². The largest absolute Gasteiger partial charge is 0.496 e. The van der Waals surface area contributed by atoms with Crippen LogP contribution in [-0.4, -0.2) is 41.6 Å². The molecule has 0 radical (unpaired) electrons. The number of methoxy groups -OCH3 is 2. The second-order valence-electron chi connectivity index (χ2n) is 5.44. The first-order valence-electron chi connectivity index (χ1n) is 7.89. The van der Waals surface area contributed by atoms with Gasteiger partial charge in [-0.05, 0) is 42.9 Å². The average molecular weight is 392 g/mol. The summed E-state index contributed by atoms with van der Waals surface area (Å²) in [6.07, 6.45) is 0. The van der Waals surface area contributed by atoms with Crippen molar-refractivity contribution in [2.75, 3.05) is 21.3 Å². The van der Waals surface area contributed by atoms with Gasteiger partial charge in [-0.1, -0.05) is 12.1 Å². The van der Waals surface area contributed by atoms with Crippen LogP contribution in [0.25, 0.3) is 0 Å². The predicted octanol–water partition coefficient (Wildman–Crippen LogP) is 1.32. The standard InChI is InChI=1S/C18H20N2O6S/c1-19-27(23,24)14-6-4-5-13(10-14)17(21)20-11-12-7-8-16(25-2)15(9-12)18(22)26-3/h4-10,19H,11H2,1-3H3,(H,20,21). The normalized spacial score (nSPS) is 10.9. The van der Waals surface area contributed by atoms with Gasteiger partial charge in [0.05, 0.1) is 19.1 Å². The van der Waals surface area contributed by atoms with E-state index in [9.17, 15) is 18.0 Å². The van der Waals surface area contributed by atoms with E-state index in [1.54, 1.807) is 18.2 Å². The lowest BCUT2D eigenvalue weighted by Crippen LogP contribution is -2.24. The van der Waals surface area contributed by atoms with Crippen molar-refractivity contribution in [1.82, 2.24) is 10.0 Å². The first-order chi connectivity index (χ1) is 12.8. The molecule has 8 nitrogen and oxygen atoms in total. The molecule has 1 amide bonds. The quantitative estimate of drug-likeness (QED) is 0.688. The Balaban J connectivity index is 2.17. The van der Waals surface area contributed by atoms with Crippen LogP contribution in [0.4, 0.5) is 0 Å². The zero-order valence-electron chi connectivity index (χ0n) is 15.1. The molecular weight excluding hydrogens is 372 g/mol. The van der Waals surface area contributed by atoms with Gasteiger partial charge in [0.15, 0.2) is 0 Å². The third-order valence-corrected chi connectivity index (χ3v) is 5.21. The lowest BCUT2D eigenvalue weighted by molar-refractivity contribution is 0.0597. The molecule has 0 atom stereocenters. The molecule has 0 aromatic heterocycles. The van der Waals surface area contributed by atoms with Crippen molar-refractivity contribution in [2.24, 2.45) is 0 Å². The molecule has 0 saturated heterocycles.